The molecule has 0 aliphatic heterocycles. The van der Waals surface area contributed by atoms with Crippen LogP contribution >= 0.6 is 11.6 Å². The SMILES string of the molecule is CC(C)(CCC=NOC(=O)c1ccc(Cl)cc1)C(=O)O. The smallest absolute Gasteiger partial charge is 0.365 e. The molecule has 1 rings (SSSR count). The van der Waals surface area contributed by atoms with E-state index in [1.54, 1.807) is 26.0 Å². The van der Waals surface area contributed by atoms with Gasteiger partial charge in [0.25, 0.3) is 0 Å². The zero-order chi connectivity index (χ0) is 15.2. The number of carboxylic acids is 1. The molecular formula is C14H16ClNO4. The maximum atomic E-state index is 11.6. The van der Waals surface area contributed by atoms with Crippen LogP contribution in [-0.2, 0) is 9.63 Å². The van der Waals surface area contributed by atoms with Crippen molar-refractivity contribution in [3.8, 4) is 0 Å². The van der Waals surface area contributed by atoms with Crippen LogP contribution in [0.25, 0.3) is 0 Å². The van der Waals surface area contributed by atoms with Gasteiger partial charge in [0, 0.05) is 11.2 Å². The van der Waals surface area contributed by atoms with Crippen LogP contribution in [0, 0.1) is 5.41 Å². The number of carbonyl (C=O) groups is 2. The Morgan fingerprint density at radius 3 is 2.50 bits per heavy atom. The van der Waals surface area contributed by atoms with Crippen molar-refractivity contribution >= 4 is 29.8 Å². The molecule has 108 valence electrons. The van der Waals surface area contributed by atoms with Gasteiger partial charge in [-0.3, -0.25) is 4.79 Å². The standard InChI is InChI=1S/C14H16ClNO4/c1-14(2,13(18)19)8-3-9-16-20-12(17)10-4-6-11(15)7-5-10/h4-7,9H,3,8H2,1-2H3,(H,18,19). The van der Waals surface area contributed by atoms with Gasteiger partial charge < -0.3 is 9.94 Å². The molecule has 0 saturated carbocycles. The Hall–Kier alpha value is -1.88. The van der Waals surface area contributed by atoms with Crippen LogP contribution in [0.4, 0.5) is 0 Å². The van der Waals surface area contributed by atoms with Crippen LogP contribution in [0.15, 0.2) is 29.4 Å². The molecule has 0 fully saturated rings. The van der Waals surface area contributed by atoms with E-state index in [-0.39, 0.29) is 0 Å². The lowest BCUT2D eigenvalue weighted by Crippen LogP contribution is -2.23. The molecule has 6 heteroatoms. The van der Waals surface area contributed by atoms with Gasteiger partial charge >= 0.3 is 11.9 Å². The van der Waals surface area contributed by atoms with Crippen molar-refractivity contribution < 1.29 is 19.5 Å². The molecule has 0 heterocycles. The van der Waals surface area contributed by atoms with Crippen LogP contribution in [-0.4, -0.2) is 23.3 Å². The van der Waals surface area contributed by atoms with Crippen LogP contribution in [0.3, 0.4) is 0 Å². The maximum absolute atomic E-state index is 11.6. The lowest BCUT2D eigenvalue weighted by atomic mass is 9.88. The largest absolute Gasteiger partial charge is 0.481 e. The minimum absolute atomic E-state index is 0.345. The van der Waals surface area contributed by atoms with E-state index < -0.39 is 17.4 Å². The normalized spacial score (nSPS) is 11.6. The first-order valence-electron chi connectivity index (χ1n) is 6.05. The van der Waals surface area contributed by atoms with Gasteiger partial charge in [0.15, 0.2) is 0 Å². The van der Waals surface area contributed by atoms with Crippen LogP contribution in [0.5, 0.6) is 0 Å². The summed E-state index contributed by atoms with van der Waals surface area (Å²) in [4.78, 5) is 27.1. The van der Waals surface area contributed by atoms with Gasteiger partial charge in [0.2, 0.25) is 0 Å². The number of benzene rings is 1. The molecule has 1 aromatic carbocycles. The van der Waals surface area contributed by atoms with Gasteiger partial charge in [-0.05, 0) is 51.0 Å². The molecule has 0 aliphatic carbocycles. The topological polar surface area (TPSA) is 76.0 Å². The van der Waals surface area contributed by atoms with E-state index in [0.717, 1.165) is 0 Å². The number of carboxylic acid groups (broad SMARTS) is 1. The molecule has 0 atom stereocenters. The minimum atomic E-state index is -0.871. The van der Waals surface area contributed by atoms with Crippen LogP contribution in [0.1, 0.15) is 37.0 Å². The molecule has 0 aromatic heterocycles. The average Bonchev–Trinajstić information content (AvgIpc) is 2.38. The summed E-state index contributed by atoms with van der Waals surface area (Å²) in [7, 11) is 0. The summed E-state index contributed by atoms with van der Waals surface area (Å²) in [6.45, 7) is 3.26. The fourth-order valence-corrected chi connectivity index (χ4v) is 1.43. The van der Waals surface area contributed by atoms with Crippen molar-refractivity contribution in [1.82, 2.24) is 0 Å². The predicted molar refractivity (Wildman–Crippen MR) is 76.0 cm³/mol. The quantitative estimate of drug-likeness (QED) is 0.496. The third-order valence-corrected chi connectivity index (χ3v) is 3.02. The van der Waals surface area contributed by atoms with Crippen molar-refractivity contribution in [1.29, 1.82) is 0 Å². The van der Waals surface area contributed by atoms with E-state index >= 15 is 0 Å². The van der Waals surface area contributed by atoms with Gasteiger partial charge in [0.1, 0.15) is 0 Å². The van der Waals surface area contributed by atoms with Crippen LogP contribution < -0.4 is 0 Å². The molecule has 0 unspecified atom stereocenters. The molecule has 5 nitrogen and oxygen atoms in total. The van der Waals surface area contributed by atoms with Gasteiger partial charge in [0.05, 0.1) is 11.0 Å². The first-order valence-corrected chi connectivity index (χ1v) is 6.43. The highest BCUT2D eigenvalue weighted by atomic mass is 35.5. The lowest BCUT2D eigenvalue weighted by Gasteiger charge is -2.16. The van der Waals surface area contributed by atoms with Crippen molar-refractivity contribution in [3.63, 3.8) is 0 Å². The molecule has 0 bridgehead atoms. The molecule has 0 aliphatic rings. The Morgan fingerprint density at radius 2 is 1.95 bits per heavy atom. The van der Waals surface area contributed by atoms with E-state index in [1.807, 2.05) is 0 Å². The van der Waals surface area contributed by atoms with Crippen molar-refractivity contribution in [2.24, 2.45) is 10.6 Å². The van der Waals surface area contributed by atoms with Crippen molar-refractivity contribution in [2.75, 3.05) is 0 Å². The van der Waals surface area contributed by atoms with Crippen LogP contribution in [0.2, 0.25) is 5.02 Å². The average molecular weight is 298 g/mol. The van der Waals surface area contributed by atoms with Crippen molar-refractivity contribution in [3.05, 3.63) is 34.9 Å². The summed E-state index contributed by atoms with van der Waals surface area (Å²) in [5.41, 5.74) is -0.482. The van der Waals surface area contributed by atoms with Gasteiger partial charge in [-0.2, -0.15) is 0 Å². The maximum Gasteiger partial charge on any atom is 0.365 e. The van der Waals surface area contributed by atoms with E-state index in [0.29, 0.717) is 23.4 Å². The first kappa shape index (κ1) is 16.2. The summed E-state index contributed by atoms with van der Waals surface area (Å²) in [6.07, 6.45) is 2.20. The van der Waals surface area contributed by atoms with Gasteiger partial charge in [-0.15, -0.1) is 0 Å². The second-order valence-corrected chi connectivity index (χ2v) is 5.34. The monoisotopic (exact) mass is 297 g/mol. The third kappa shape index (κ3) is 5.01. The molecule has 1 aromatic rings. The molecule has 20 heavy (non-hydrogen) atoms. The number of halogens is 1. The lowest BCUT2D eigenvalue weighted by molar-refractivity contribution is -0.147. The molecule has 1 N–H and O–H groups in total. The second-order valence-electron chi connectivity index (χ2n) is 4.90. The Kier molecular flexibility index (Phi) is 5.70. The van der Waals surface area contributed by atoms with Crippen molar-refractivity contribution in [2.45, 2.75) is 26.7 Å². The Morgan fingerprint density at radius 1 is 1.35 bits per heavy atom. The highest BCUT2D eigenvalue weighted by Crippen LogP contribution is 2.21. The number of rotatable bonds is 6. The predicted octanol–water partition coefficient (Wildman–Crippen LogP) is 3.37. The zero-order valence-corrected chi connectivity index (χ0v) is 12.1. The zero-order valence-electron chi connectivity index (χ0n) is 11.3. The summed E-state index contributed by atoms with van der Waals surface area (Å²) in [5.74, 6) is -1.46. The molecule has 0 radical (unpaired) electrons. The number of aliphatic carboxylic acids is 1. The van der Waals surface area contributed by atoms with E-state index in [9.17, 15) is 9.59 Å². The fourth-order valence-electron chi connectivity index (χ4n) is 1.31. The minimum Gasteiger partial charge on any atom is -0.481 e. The third-order valence-electron chi connectivity index (χ3n) is 2.77. The molecule has 0 amide bonds. The van der Waals surface area contributed by atoms with Gasteiger partial charge in [-0.1, -0.05) is 16.8 Å². The Bertz CT molecular complexity index is 508. The second kappa shape index (κ2) is 7.05. The molecule has 0 saturated heterocycles. The summed E-state index contributed by atoms with van der Waals surface area (Å²) >= 11 is 5.70. The Labute approximate surface area is 122 Å². The van der Waals surface area contributed by atoms with Gasteiger partial charge in [-0.25, -0.2) is 4.79 Å². The highest BCUT2D eigenvalue weighted by molar-refractivity contribution is 6.30. The summed E-state index contributed by atoms with van der Waals surface area (Å²) in [6, 6.07) is 6.23. The Balaban J connectivity index is 2.40. The molecule has 0 spiro atoms. The fraction of sp³-hybridized carbons (Fsp3) is 0.357. The number of oxime groups is 1. The van der Waals surface area contributed by atoms with E-state index in [2.05, 4.69) is 9.99 Å². The number of carbonyl (C=O) groups excluding carboxylic acids is 1. The number of nitrogens with zero attached hydrogens (tertiary/aromatic N) is 1. The molecular weight excluding hydrogens is 282 g/mol. The highest BCUT2D eigenvalue weighted by Gasteiger charge is 2.25. The summed E-state index contributed by atoms with van der Waals surface area (Å²) < 4.78 is 0. The number of hydrogen-bond acceptors (Lipinski definition) is 4. The van der Waals surface area contributed by atoms with E-state index in [4.69, 9.17) is 16.7 Å². The summed E-state index contributed by atoms with van der Waals surface area (Å²) in [5, 5.41) is 13.0. The first-order chi connectivity index (χ1) is 9.33. The van der Waals surface area contributed by atoms with E-state index in [1.165, 1.54) is 18.3 Å². The number of hydrogen-bond donors (Lipinski definition) is 1.